The molecule has 2 fully saturated rings. The predicted octanol–water partition coefficient (Wildman–Crippen LogP) is 2.73. The number of Topliss-reactive ketones (excluding diaryl/α,β-unsaturated/α-hetero) is 1. The molecule has 0 amide bonds. The highest BCUT2D eigenvalue weighted by atomic mass is 16.3. The van der Waals surface area contributed by atoms with Crippen molar-refractivity contribution in [3.05, 3.63) is 23.3 Å². The van der Waals surface area contributed by atoms with Crippen LogP contribution in [0.2, 0.25) is 0 Å². The molecular weight excluding hydrogens is 316 g/mol. The minimum absolute atomic E-state index is 0.0279. The van der Waals surface area contributed by atoms with E-state index in [4.69, 9.17) is 0 Å². The van der Waals surface area contributed by atoms with Crippen LogP contribution in [0, 0.1) is 22.7 Å². The van der Waals surface area contributed by atoms with Crippen molar-refractivity contribution in [2.24, 2.45) is 22.7 Å². The fourth-order valence-corrected chi connectivity index (χ4v) is 6.46. The van der Waals surface area contributed by atoms with Crippen LogP contribution in [0.4, 0.5) is 0 Å². The molecule has 4 nitrogen and oxygen atoms in total. The van der Waals surface area contributed by atoms with E-state index < -0.39 is 23.4 Å². The molecule has 0 aromatic rings. The zero-order valence-corrected chi connectivity index (χ0v) is 15.2. The lowest BCUT2D eigenvalue weighted by atomic mass is 9.50. The first-order valence-corrected chi connectivity index (χ1v) is 9.57. The molecular formula is C21H28O4. The molecule has 4 aliphatic rings. The van der Waals surface area contributed by atoms with E-state index in [-0.39, 0.29) is 17.1 Å². The third-order valence-corrected chi connectivity index (χ3v) is 8.09. The molecule has 0 radical (unpaired) electrons. The van der Waals surface area contributed by atoms with E-state index >= 15 is 0 Å². The van der Waals surface area contributed by atoms with E-state index in [0.717, 1.165) is 25.7 Å². The molecule has 0 spiro atoms. The molecule has 0 bridgehead atoms. The molecule has 2 saturated carbocycles. The first kappa shape index (κ1) is 17.2. The smallest absolute Gasteiger partial charge is 0.190 e. The standard InChI is InChI=1S/C21H28O4/c1-19-8-5-14(23)11-13(19)3-4-15-16(19)6-9-20(2)17(15)7-10-21(20,25)18(24)12-22/h6,11,15,17,22,25H,3-5,7-10,12H2,1-2H3/t15-,17?,19+,20+,21+/m1/s1. The average Bonchev–Trinajstić information content (AvgIpc) is 2.87. The zero-order valence-electron chi connectivity index (χ0n) is 15.2. The predicted molar refractivity (Wildman–Crippen MR) is 93.7 cm³/mol. The fourth-order valence-electron chi connectivity index (χ4n) is 6.46. The van der Waals surface area contributed by atoms with Gasteiger partial charge in [0, 0.05) is 17.3 Å². The van der Waals surface area contributed by atoms with E-state index in [2.05, 4.69) is 13.0 Å². The number of hydrogen-bond donors (Lipinski definition) is 2. The molecule has 0 aliphatic heterocycles. The van der Waals surface area contributed by atoms with Crippen molar-refractivity contribution in [3.8, 4) is 0 Å². The van der Waals surface area contributed by atoms with Crippen molar-refractivity contribution in [2.45, 2.75) is 64.4 Å². The number of ketones is 2. The summed E-state index contributed by atoms with van der Waals surface area (Å²) >= 11 is 0. The van der Waals surface area contributed by atoms with Crippen molar-refractivity contribution in [1.29, 1.82) is 0 Å². The van der Waals surface area contributed by atoms with Gasteiger partial charge in [0.05, 0.1) is 0 Å². The summed E-state index contributed by atoms with van der Waals surface area (Å²) in [5, 5.41) is 20.5. The van der Waals surface area contributed by atoms with Crippen molar-refractivity contribution in [3.63, 3.8) is 0 Å². The monoisotopic (exact) mass is 344 g/mol. The number of aliphatic hydroxyl groups is 2. The number of fused-ring (bicyclic) bond motifs is 5. The number of rotatable bonds is 2. The van der Waals surface area contributed by atoms with Crippen LogP contribution in [-0.2, 0) is 9.59 Å². The first-order chi connectivity index (χ1) is 11.8. The molecule has 4 heteroatoms. The molecule has 2 N–H and O–H groups in total. The summed E-state index contributed by atoms with van der Waals surface area (Å²) in [5.74, 6) is 0.454. The van der Waals surface area contributed by atoms with Gasteiger partial charge in [0.15, 0.2) is 11.6 Å². The number of aliphatic hydroxyl groups excluding tert-OH is 1. The van der Waals surface area contributed by atoms with Crippen LogP contribution in [0.15, 0.2) is 23.3 Å². The maximum Gasteiger partial charge on any atom is 0.190 e. The van der Waals surface area contributed by atoms with E-state index in [1.165, 1.54) is 11.1 Å². The Morgan fingerprint density at radius 1 is 1.24 bits per heavy atom. The quantitative estimate of drug-likeness (QED) is 0.756. The van der Waals surface area contributed by atoms with Gasteiger partial charge >= 0.3 is 0 Å². The summed E-state index contributed by atoms with van der Waals surface area (Å²) in [5.41, 5.74) is 0.770. The van der Waals surface area contributed by atoms with Crippen LogP contribution in [0.25, 0.3) is 0 Å². The van der Waals surface area contributed by atoms with Crippen LogP contribution < -0.4 is 0 Å². The van der Waals surface area contributed by atoms with E-state index in [0.29, 0.717) is 25.2 Å². The van der Waals surface area contributed by atoms with Gasteiger partial charge in [-0.25, -0.2) is 0 Å². The highest BCUT2D eigenvalue weighted by molar-refractivity contribution is 5.92. The number of hydrogen-bond acceptors (Lipinski definition) is 4. The van der Waals surface area contributed by atoms with Crippen LogP contribution in [0.3, 0.4) is 0 Å². The SMILES string of the molecule is C[C@]12CCC(=O)C=C1CC[C@@H]1C2=CC[C@@]2(C)C1CC[C@]2(O)C(=O)CO. The summed E-state index contributed by atoms with van der Waals surface area (Å²) in [6, 6.07) is 0. The van der Waals surface area contributed by atoms with Gasteiger partial charge in [0.25, 0.3) is 0 Å². The first-order valence-electron chi connectivity index (χ1n) is 9.57. The van der Waals surface area contributed by atoms with Gasteiger partial charge in [-0.2, -0.15) is 0 Å². The molecule has 0 aromatic carbocycles. The topological polar surface area (TPSA) is 74.6 Å². The summed E-state index contributed by atoms with van der Waals surface area (Å²) in [6.45, 7) is 3.71. The second kappa shape index (κ2) is 5.37. The van der Waals surface area contributed by atoms with Crippen LogP contribution >= 0.6 is 0 Å². The van der Waals surface area contributed by atoms with Gasteiger partial charge in [-0.05, 0) is 56.4 Å². The minimum Gasteiger partial charge on any atom is -0.388 e. The summed E-state index contributed by atoms with van der Waals surface area (Å²) in [6.07, 6.45) is 9.48. The minimum atomic E-state index is -1.41. The Balaban J connectivity index is 1.75. The largest absolute Gasteiger partial charge is 0.388 e. The number of carbonyl (C=O) groups is 2. The van der Waals surface area contributed by atoms with E-state index in [9.17, 15) is 19.8 Å². The number of allylic oxidation sites excluding steroid dienone is 4. The van der Waals surface area contributed by atoms with Gasteiger partial charge in [0.2, 0.25) is 0 Å². The van der Waals surface area contributed by atoms with Gasteiger partial charge in [-0.1, -0.05) is 31.1 Å². The number of carbonyl (C=O) groups excluding carboxylic acids is 2. The van der Waals surface area contributed by atoms with Crippen molar-refractivity contribution in [1.82, 2.24) is 0 Å². The second-order valence-electron chi connectivity index (χ2n) is 8.98. The molecule has 4 aliphatic carbocycles. The van der Waals surface area contributed by atoms with Crippen LogP contribution in [0.5, 0.6) is 0 Å². The Morgan fingerprint density at radius 2 is 2.00 bits per heavy atom. The Labute approximate surface area is 149 Å². The molecule has 1 unspecified atom stereocenters. The third kappa shape index (κ3) is 2.07. The fraction of sp³-hybridized carbons (Fsp3) is 0.714. The third-order valence-electron chi connectivity index (χ3n) is 8.09. The molecule has 136 valence electrons. The maximum atomic E-state index is 12.3. The van der Waals surface area contributed by atoms with Crippen molar-refractivity contribution >= 4 is 11.6 Å². The molecule has 25 heavy (non-hydrogen) atoms. The maximum absolute atomic E-state index is 12.3. The van der Waals surface area contributed by atoms with Gasteiger partial charge in [0.1, 0.15) is 12.2 Å². The van der Waals surface area contributed by atoms with Gasteiger partial charge in [-0.15, -0.1) is 0 Å². The van der Waals surface area contributed by atoms with Gasteiger partial charge in [-0.3, -0.25) is 9.59 Å². The van der Waals surface area contributed by atoms with Crippen LogP contribution in [-0.4, -0.2) is 34.0 Å². The van der Waals surface area contributed by atoms with E-state index in [1.54, 1.807) is 0 Å². The average molecular weight is 344 g/mol. The lowest BCUT2D eigenvalue weighted by Crippen LogP contribution is -2.55. The van der Waals surface area contributed by atoms with Gasteiger partial charge < -0.3 is 10.2 Å². The summed E-state index contributed by atoms with van der Waals surface area (Å²) < 4.78 is 0. The normalized spacial score (nSPS) is 45.8. The Morgan fingerprint density at radius 3 is 2.72 bits per heavy atom. The summed E-state index contributed by atoms with van der Waals surface area (Å²) in [7, 11) is 0. The molecule has 5 atom stereocenters. The Hall–Kier alpha value is -1.26. The molecule has 4 rings (SSSR count). The van der Waals surface area contributed by atoms with Crippen LogP contribution in [0.1, 0.15) is 58.8 Å². The Bertz CT molecular complexity index is 705. The zero-order chi connectivity index (χ0) is 18.0. The van der Waals surface area contributed by atoms with Crippen molar-refractivity contribution in [2.75, 3.05) is 6.61 Å². The molecule has 0 aromatic heterocycles. The molecule has 0 saturated heterocycles. The highest BCUT2D eigenvalue weighted by Gasteiger charge is 2.64. The second-order valence-corrected chi connectivity index (χ2v) is 8.98. The summed E-state index contributed by atoms with van der Waals surface area (Å²) in [4.78, 5) is 24.2. The van der Waals surface area contributed by atoms with E-state index in [1.807, 2.05) is 13.0 Å². The lowest BCUT2D eigenvalue weighted by molar-refractivity contribution is -0.155. The highest BCUT2D eigenvalue weighted by Crippen LogP contribution is 2.65. The van der Waals surface area contributed by atoms with Crippen molar-refractivity contribution < 1.29 is 19.8 Å². The Kier molecular flexibility index (Phi) is 3.69. The lowest BCUT2D eigenvalue weighted by Gasteiger charge is -2.54. The molecule has 0 heterocycles.